The standard InChI is InChI=1S/C59H97O12P/c1-3-5-7-9-11-13-15-17-19-21-23-25-27-28-30-32-34-36-38-40-42-44-46-48-53(60)70-52(51-69-72(66,67)71-59-57(64)55(62)54(61)56(63)58(59)65)50-68-49-47-45-43-41-39-37-35-33-31-29-26-24-22-20-18-16-14-12-10-8-6-4-2/h5,7,11,13,16-19,22-25,28-31,34,36,40,42,52,54-59,61-65H,3-4,6,8-10,12,14-15,20-21,26-27,32-33,35,37-39,41,43-51H2,1-2H3,(H,66,67)/b7-5-,13-11-,18-16-,19-17-,24-22-,25-23-,30-28-,31-29-,36-34-,42-40-. The summed E-state index contributed by atoms with van der Waals surface area (Å²) in [6, 6.07) is 0. The average Bonchev–Trinajstić information content (AvgIpc) is 3.37. The predicted octanol–water partition coefficient (Wildman–Crippen LogP) is 13.0. The minimum Gasteiger partial charge on any atom is -0.457 e. The largest absolute Gasteiger partial charge is 0.472 e. The lowest BCUT2D eigenvalue weighted by Gasteiger charge is -2.41. The van der Waals surface area contributed by atoms with E-state index in [4.69, 9.17) is 18.5 Å². The van der Waals surface area contributed by atoms with Gasteiger partial charge in [0.25, 0.3) is 0 Å². The minimum absolute atomic E-state index is 0.0949. The number of aliphatic hydroxyl groups excluding tert-OH is 5. The van der Waals surface area contributed by atoms with E-state index in [0.29, 0.717) is 19.4 Å². The molecule has 0 aromatic heterocycles. The quantitative estimate of drug-likeness (QED) is 0.0147. The summed E-state index contributed by atoms with van der Waals surface area (Å²) in [6.45, 7) is 4.05. The molecular formula is C59H97O12P. The van der Waals surface area contributed by atoms with Crippen LogP contribution in [0.4, 0.5) is 0 Å². The van der Waals surface area contributed by atoms with E-state index in [2.05, 4.69) is 123 Å². The van der Waals surface area contributed by atoms with Crippen LogP contribution in [0.2, 0.25) is 0 Å². The van der Waals surface area contributed by atoms with Gasteiger partial charge in [-0.25, -0.2) is 4.57 Å². The fourth-order valence-electron chi connectivity index (χ4n) is 7.53. The lowest BCUT2D eigenvalue weighted by atomic mass is 9.85. The highest BCUT2D eigenvalue weighted by molar-refractivity contribution is 7.47. The minimum atomic E-state index is -5.05. The van der Waals surface area contributed by atoms with E-state index in [1.54, 1.807) is 0 Å². The topological polar surface area (TPSA) is 192 Å². The summed E-state index contributed by atoms with van der Waals surface area (Å²) >= 11 is 0. The summed E-state index contributed by atoms with van der Waals surface area (Å²) in [7, 11) is -5.05. The Bertz CT molecular complexity index is 1650. The molecule has 13 heteroatoms. The Morgan fingerprint density at radius 1 is 0.458 bits per heavy atom. The van der Waals surface area contributed by atoms with Gasteiger partial charge in [0.2, 0.25) is 0 Å². The van der Waals surface area contributed by atoms with Crippen molar-refractivity contribution >= 4 is 13.8 Å². The molecule has 1 fully saturated rings. The molecule has 1 aliphatic rings. The summed E-state index contributed by atoms with van der Waals surface area (Å²) in [5, 5.41) is 50.4. The van der Waals surface area contributed by atoms with E-state index >= 15 is 0 Å². The van der Waals surface area contributed by atoms with Gasteiger partial charge in [-0.05, 0) is 103 Å². The summed E-state index contributed by atoms with van der Waals surface area (Å²) in [6.07, 6.45) is 56.9. The molecule has 6 atom stereocenters. The second kappa shape index (κ2) is 47.5. The molecule has 0 aliphatic heterocycles. The molecular weight excluding hydrogens is 932 g/mol. The number of hydrogen-bond acceptors (Lipinski definition) is 11. The highest BCUT2D eigenvalue weighted by Crippen LogP contribution is 2.47. The van der Waals surface area contributed by atoms with Gasteiger partial charge in [-0.1, -0.05) is 193 Å². The Morgan fingerprint density at radius 3 is 1.25 bits per heavy atom. The van der Waals surface area contributed by atoms with Crippen molar-refractivity contribution in [2.45, 2.75) is 224 Å². The Labute approximate surface area is 435 Å². The van der Waals surface area contributed by atoms with Crippen LogP contribution in [-0.4, -0.2) is 98.9 Å². The Hall–Kier alpha value is -3.26. The van der Waals surface area contributed by atoms with Crippen LogP contribution in [0.15, 0.2) is 122 Å². The van der Waals surface area contributed by atoms with Crippen molar-refractivity contribution in [1.29, 1.82) is 0 Å². The fraction of sp³-hybridized carbons (Fsp3) is 0.644. The Balaban J connectivity index is 2.39. The van der Waals surface area contributed by atoms with E-state index < -0.39 is 63.1 Å². The molecule has 0 heterocycles. The van der Waals surface area contributed by atoms with Gasteiger partial charge >= 0.3 is 13.8 Å². The first kappa shape index (κ1) is 66.8. The van der Waals surface area contributed by atoms with E-state index in [0.717, 1.165) is 89.9 Å². The van der Waals surface area contributed by atoms with Crippen molar-refractivity contribution in [2.24, 2.45) is 0 Å². The van der Waals surface area contributed by atoms with Gasteiger partial charge < -0.3 is 39.9 Å². The van der Waals surface area contributed by atoms with Crippen molar-refractivity contribution in [3.8, 4) is 0 Å². The number of unbranched alkanes of at least 4 members (excludes halogenated alkanes) is 13. The van der Waals surface area contributed by atoms with Gasteiger partial charge in [0.05, 0.1) is 13.2 Å². The Kier molecular flexibility index (Phi) is 44.0. The van der Waals surface area contributed by atoms with Crippen LogP contribution < -0.4 is 0 Å². The van der Waals surface area contributed by atoms with Crippen LogP contribution in [0.25, 0.3) is 0 Å². The molecule has 1 aliphatic carbocycles. The number of carbonyl (C=O) groups excluding carboxylic acids is 1. The van der Waals surface area contributed by atoms with Crippen molar-refractivity contribution in [1.82, 2.24) is 0 Å². The van der Waals surface area contributed by atoms with Crippen LogP contribution >= 0.6 is 7.82 Å². The molecule has 72 heavy (non-hydrogen) atoms. The zero-order valence-electron chi connectivity index (χ0n) is 44.2. The van der Waals surface area contributed by atoms with Gasteiger partial charge in [-0.15, -0.1) is 0 Å². The number of phosphoric acid groups is 1. The number of allylic oxidation sites excluding steroid dienone is 20. The maximum atomic E-state index is 12.9. The lowest BCUT2D eigenvalue weighted by Crippen LogP contribution is -2.64. The highest BCUT2D eigenvalue weighted by atomic mass is 31.2. The maximum absolute atomic E-state index is 12.9. The van der Waals surface area contributed by atoms with Crippen molar-refractivity contribution in [2.75, 3.05) is 19.8 Å². The molecule has 0 spiro atoms. The summed E-state index contributed by atoms with van der Waals surface area (Å²) in [5.74, 6) is -0.543. The van der Waals surface area contributed by atoms with Gasteiger partial charge in [-0.3, -0.25) is 13.8 Å². The number of carbonyl (C=O) groups is 1. The van der Waals surface area contributed by atoms with Crippen molar-refractivity contribution in [3.63, 3.8) is 0 Å². The number of hydrogen-bond donors (Lipinski definition) is 6. The van der Waals surface area contributed by atoms with Crippen LogP contribution in [0.1, 0.15) is 181 Å². The highest BCUT2D eigenvalue weighted by Gasteiger charge is 2.51. The summed E-state index contributed by atoms with van der Waals surface area (Å²) < 4.78 is 34.3. The van der Waals surface area contributed by atoms with Crippen LogP contribution in [0.5, 0.6) is 0 Å². The lowest BCUT2D eigenvalue weighted by molar-refractivity contribution is -0.220. The first-order chi connectivity index (χ1) is 35.0. The molecule has 0 bridgehead atoms. The second-order valence-electron chi connectivity index (χ2n) is 18.3. The van der Waals surface area contributed by atoms with Gasteiger partial charge in [0, 0.05) is 13.0 Å². The zero-order valence-corrected chi connectivity index (χ0v) is 45.1. The second-order valence-corrected chi connectivity index (χ2v) is 19.7. The van der Waals surface area contributed by atoms with E-state index in [-0.39, 0.29) is 13.0 Å². The van der Waals surface area contributed by atoms with E-state index in [1.807, 2.05) is 12.2 Å². The number of phosphoric ester groups is 1. The molecule has 0 radical (unpaired) electrons. The number of aliphatic hydroxyl groups is 5. The maximum Gasteiger partial charge on any atom is 0.472 e. The number of esters is 1. The van der Waals surface area contributed by atoms with Crippen molar-refractivity contribution in [3.05, 3.63) is 122 Å². The Morgan fingerprint density at radius 2 is 0.819 bits per heavy atom. The smallest absolute Gasteiger partial charge is 0.457 e. The molecule has 6 N–H and O–H groups in total. The molecule has 0 amide bonds. The fourth-order valence-corrected chi connectivity index (χ4v) is 8.50. The number of rotatable bonds is 45. The number of ether oxygens (including phenoxy) is 2. The van der Waals surface area contributed by atoms with E-state index in [1.165, 1.54) is 57.8 Å². The van der Waals surface area contributed by atoms with Crippen molar-refractivity contribution < 1.29 is 58.3 Å². The molecule has 410 valence electrons. The molecule has 1 saturated carbocycles. The first-order valence-corrected chi connectivity index (χ1v) is 28.9. The third-order valence-corrected chi connectivity index (χ3v) is 12.8. The SMILES string of the molecule is CC/C=C\C/C=C\C/C=C\C/C=C\C/C=C\C/C=C\C/C=C\CCCC(=O)OC(COCCCCCCCCC/C=C\C/C=C\C/C=C\CCCCCCC)COP(=O)(O)OC1C(O)C(O)C(O)C(O)C1O. The summed E-state index contributed by atoms with van der Waals surface area (Å²) in [4.78, 5) is 23.3. The normalized spacial score (nSPS) is 21.6. The molecule has 0 saturated heterocycles. The molecule has 0 aromatic rings. The van der Waals surface area contributed by atoms with Gasteiger partial charge in [0.15, 0.2) is 0 Å². The van der Waals surface area contributed by atoms with Crippen LogP contribution in [-0.2, 0) is 27.9 Å². The van der Waals surface area contributed by atoms with Gasteiger partial charge in [-0.2, -0.15) is 0 Å². The first-order valence-electron chi connectivity index (χ1n) is 27.4. The summed E-state index contributed by atoms with van der Waals surface area (Å²) in [5.41, 5.74) is 0. The third kappa shape index (κ3) is 38.3. The molecule has 12 nitrogen and oxygen atoms in total. The predicted molar refractivity (Wildman–Crippen MR) is 294 cm³/mol. The monoisotopic (exact) mass is 1030 g/mol. The average molecular weight is 1030 g/mol. The molecule has 1 rings (SSSR count). The molecule has 0 aromatic carbocycles. The van der Waals surface area contributed by atoms with Gasteiger partial charge in [0.1, 0.15) is 42.7 Å². The third-order valence-electron chi connectivity index (χ3n) is 11.8. The van der Waals surface area contributed by atoms with Crippen LogP contribution in [0.3, 0.4) is 0 Å². The van der Waals surface area contributed by atoms with Crippen LogP contribution in [0, 0.1) is 0 Å². The molecule has 6 unspecified atom stereocenters. The zero-order chi connectivity index (χ0) is 52.6. The van der Waals surface area contributed by atoms with E-state index in [9.17, 15) is 39.8 Å².